The van der Waals surface area contributed by atoms with E-state index in [0.717, 1.165) is 11.1 Å². The van der Waals surface area contributed by atoms with E-state index in [2.05, 4.69) is 26.2 Å². The molecule has 1 aromatic carbocycles. The minimum Gasteiger partial charge on any atom is -0.346 e. The summed E-state index contributed by atoms with van der Waals surface area (Å²) < 4.78 is 38.2. The highest BCUT2D eigenvalue weighted by Gasteiger charge is 2.33. The molecule has 1 aromatic heterocycles. The predicted octanol–water partition coefficient (Wildman–Crippen LogP) is 4.16. The number of aromatic nitrogens is 1. The van der Waals surface area contributed by atoms with Crippen molar-refractivity contribution in [1.29, 1.82) is 0 Å². The maximum absolute atomic E-state index is 12.8. The van der Waals surface area contributed by atoms with E-state index in [9.17, 15) is 18.0 Å². The number of rotatable bonds is 3. The van der Waals surface area contributed by atoms with Crippen molar-refractivity contribution in [3.8, 4) is 0 Å². The van der Waals surface area contributed by atoms with Crippen LogP contribution < -0.4 is 5.32 Å². The lowest BCUT2D eigenvalue weighted by atomic mass is 10.1. The summed E-state index contributed by atoms with van der Waals surface area (Å²) in [4.78, 5) is 16.1. The Morgan fingerprint density at radius 3 is 2.71 bits per heavy atom. The molecule has 0 aliphatic heterocycles. The number of nitrogens with zero attached hydrogens (tertiary/aromatic N) is 1. The van der Waals surface area contributed by atoms with Crippen molar-refractivity contribution >= 4 is 33.2 Å². The second-order valence-electron chi connectivity index (χ2n) is 4.23. The summed E-state index contributed by atoms with van der Waals surface area (Å²) in [5, 5.41) is 5.20. The van der Waals surface area contributed by atoms with Crippen molar-refractivity contribution in [2.45, 2.75) is 19.6 Å². The summed E-state index contributed by atoms with van der Waals surface area (Å²) >= 11 is 4.28. The Bertz CT molecular complexity index is 670. The maximum Gasteiger partial charge on any atom is 0.417 e. The van der Waals surface area contributed by atoms with Gasteiger partial charge < -0.3 is 5.32 Å². The second kappa shape index (κ2) is 6.15. The van der Waals surface area contributed by atoms with Crippen molar-refractivity contribution in [3.05, 3.63) is 49.9 Å². The molecule has 0 saturated carbocycles. The van der Waals surface area contributed by atoms with Gasteiger partial charge in [-0.15, -0.1) is 11.3 Å². The first-order valence-electron chi connectivity index (χ1n) is 5.83. The van der Waals surface area contributed by atoms with Crippen LogP contribution in [0, 0.1) is 6.92 Å². The molecule has 0 fully saturated rings. The molecule has 2 aromatic rings. The van der Waals surface area contributed by atoms with E-state index in [0.29, 0.717) is 5.69 Å². The Hall–Kier alpha value is -1.41. The summed E-state index contributed by atoms with van der Waals surface area (Å²) in [6.07, 6.45) is -4.51. The molecule has 3 nitrogen and oxygen atoms in total. The fraction of sp³-hybridized carbons (Fsp3) is 0.231. The van der Waals surface area contributed by atoms with Crippen molar-refractivity contribution in [1.82, 2.24) is 10.3 Å². The van der Waals surface area contributed by atoms with Gasteiger partial charge in [0.2, 0.25) is 0 Å². The summed E-state index contributed by atoms with van der Waals surface area (Å²) in [6.45, 7) is 2.01. The van der Waals surface area contributed by atoms with Crippen LogP contribution in [-0.2, 0) is 12.7 Å². The first-order valence-corrected chi connectivity index (χ1v) is 7.50. The minimum absolute atomic E-state index is 0.0440. The Balaban J connectivity index is 2.12. The monoisotopic (exact) mass is 378 g/mol. The van der Waals surface area contributed by atoms with E-state index in [-0.39, 0.29) is 16.6 Å². The van der Waals surface area contributed by atoms with Gasteiger partial charge in [-0.05, 0) is 25.1 Å². The van der Waals surface area contributed by atoms with Crippen LogP contribution in [0.3, 0.4) is 0 Å². The zero-order valence-electron chi connectivity index (χ0n) is 10.8. The molecule has 0 aliphatic rings. The van der Waals surface area contributed by atoms with Crippen molar-refractivity contribution in [3.63, 3.8) is 0 Å². The highest BCUT2D eigenvalue weighted by Crippen LogP contribution is 2.35. The zero-order valence-corrected chi connectivity index (χ0v) is 13.2. The van der Waals surface area contributed by atoms with Crippen LogP contribution >= 0.6 is 27.3 Å². The molecule has 21 heavy (non-hydrogen) atoms. The minimum atomic E-state index is -4.51. The van der Waals surface area contributed by atoms with E-state index in [1.165, 1.54) is 23.5 Å². The van der Waals surface area contributed by atoms with Gasteiger partial charge in [0, 0.05) is 15.4 Å². The van der Waals surface area contributed by atoms with Gasteiger partial charge in [0.25, 0.3) is 5.91 Å². The van der Waals surface area contributed by atoms with E-state index < -0.39 is 17.6 Å². The number of carbonyl (C=O) groups excluding carboxylic acids is 1. The molecule has 0 atom stereocenters. The second-order valence-corrected chi connectivity index (χ2v) is 6.15. The number of benzene rings is 1. The van der Waals surface area contributed by atoms with Gasteiger partial charge in [-0.1, -0.05) is 15.9 Å². The van der Waals surface area contributed by atoms with Crippen LogP contribution in [0.1, 0.15) is 26.6 Å². The molecule has 0 aliphatic carbocycles. The first kappa shape index (κ1) is 16.0. The Kier molecular flexibility index (Phi) is 4.67. The molecule has 112 valence electrons. The molecule has 0 saturated heterocycles. The lowest BCUT2D eigenvalue weighted by Crippen LogP contribution is -2.23. The van der Waals surface area contributed by atoms with Gasteiger partial charge in [-0.25, -0.2) is 4.98 Å². The molecule has 2 rings (SSSR count). The average molecular weight is 379 g/mol. The van der Waals surface area contributed by atoms with Crippen molar-refractivity contribution < 1.29 is 18.0 Å². The van der Waals surface area contributed by atoms with Gasteiger partial charge >= 0.3 is 6.18 Å². The highest BCUT2D eigenvalue weighted by molar-refractivity contribution is 9.10. The SMILES string of the molecule is Cc1nc(CNC(=O)c2ccc(Br)c(C(F)(F)F)c2)cs1. The molecule has 0 spiro atoms. The molecular weight excluding hydrogens is 369 g/mol. The van der Waals surface area contributed by atoms with Gasteiger partial charge in [0.1, 0.15) is 0 Å². The molecule has 0 bridgehead atoms. The third kappa shape index (κ3) is 4.04. The Morgan fingerprint density at radius 1 is 1.43 bits per heavy atom. The van der Waals surface area contributed by atoms with Crippen LogP contribution in [0.2, 0.25) is 0 Å². The molecule has 1 amide bonds. The normalized spacial score (nSPS) is 11.5. The van der Waals surface area contributed by atoms with E-state index in [1.54, 1.807) is 5.38 Å². The summed E-state index contributed by atoms with van der Waals surface area (Å²) in [5.41, 5.74) is -0.240. The van der Waals surface area contributed by atoms with Gasteiger partial charge in [-0.3, -0.25) is 4.79 Å². The van der Waals surface area contributed by atoms with Crippen molar-refractivity contribution in [2.75, 3.05) is 0 Å². The van der Waals surface area contributed by atoms with Crippen LogP contribution in [0.25, 0.3) is 0 Å². The number of thiazole rings is 1. The number of alkyl halides is 3. The molecule has 1 N–H and O–H groups in total. The van der Waals surface area contributed by atoms with Crippen LogP contribution in [0.15, 0.2) is 28.1 Å². The van der Waals surface area contributed by atoms with Crippen LogP contribution in [0.4, 0.5) is 13.2 Å². The number of hydrogen-bond donors (Lipinski definition) is 1. The van der Waals surface area contributed by atoms with Gasteiger partial charge in [-0.2, -0.15) is 13.2 Å². The van der Waals surface area contributed by atoms with E-state index >= 15 is 0 Å². The van der Waals surface area contributed by atoms with E-state index in [1.807, 2.05) is 6.92 Å². The molecule has 0 unspecified atom stereocenters. The third-order valence-electron chi connectivity index (χ3n) is 2.63. The average Bonchev–Trinajstić information content (AvgIpc) is 2.81. The third-order valence-corrected chi connectivity index (χ3v) is 4.14. The smallest absolute Gasteiger partial charge is 0.346 e. The quantitative estimate of drug-likeness (QED) is 0.870. The highest BCUT2D eigenvalue weighted by atomic mass is 79.9. The zero-order chi connectivity index (χ0) is 15.6. The molecule has 8 heteroatoms. The lowest BCUT2D eigenvalue weighted by Gasteiger charge is -2.11. The van der Waals surface area contributed by atoms with Crippen LogP contribution in [-0.4, -0.2) is 10.9 Å². The lowest BCUT2D eigenvalue weighted by molar-refractivity contribution is -0.138. The fourth-order valence-electron chi connectivity index (χ4n) is 1.65. The number of nitrogens with one attached hydrogen (secondary N) is 1. The maximum atomic E-state index is 12.8. The van der Waals surface area contributed by atoms with Crippen molar-refractivity contribution in [2.24, 2.45) is 0 Å². The number of carbonyl (C=O) groups is 1. The van der Waals surface area contributed by atoms with Gasteiger partial charge in [0.15, 0.2) is 0 Å². The predicted molar refractivity (Wildman–Crippen MR) is 77.2 cm³/mol. The Labute approximate surface area is 131 Å². The molecule has 0 radical (unpaired) electrons. The first-order chi connectivity index (χ1) is 9.77. The number of amides is 1. The summed E-state index contributed by atoms with van der Waals surface area (Å²) in [7, 11) is 0. The fourth-order valence-corrected chi connectivity index (χ4v) is 2.73. The van der Waals surface area contributed by atoms with Crippen LogP contribution in [0.5, 0.6) is 0 Å². The summed E-state index contributed by atoms with van der Waals surface area (Å²) in [5.74, 6) is -0.571. The largest absolute Gasteiger partial charge is 0.417 e. The van der Waals surface area contributed by atoms with E-state index in [4.69, 9.17) is 0 Å². The van der Waals surface area contributed by atoms with Gasteiger partial charge in [0.05, 0.1) is 22.8 Å². The molecular formula is C13H10BrF3N2OS. The standard InChI is InChI=1S/C13H10BrF3N2OS/c1-7-19-9(6-21-7)5-18-12(20)8-2-3-11(14)10(4-8)13(15,16)17/h2-4,6H,5H2,1H3,(H,18,20). The number of aryl methyl sites for hydroxylation is 1. The summed E-state index contributed by atoms with van der Waals surface area (Å²) in [6, 6.07) is 3.37. The topological polar surface area (TPSA) is 42.0 Å². The molecule has 1 heterocycles. The Morgan fingerprint density at radius 2 is 2.14 bits per heavy atom. The number of hydrogen-bond acceptors (Lipinski definition) is 3. The number of halogens is 4.